The number of hydrogen-bond donors (Lipinski definition) is 1. The van der Waals surface area contributed by atoms with Crippen molar-refractivity contribution in [1.82, 2.24) is 9.88 Å². The average molecular weight is 238 g/mol. The van der Waals surface area contributed by atoms with E-state index >= 15 is 0 Å². The highest BCUT2D eigenvalue weighted by atomic mass is 32.1. The van der Waals surface area contributed by atoms with E-state index < -0.39 is 6.09 Å². The summed E-state index contributed by atoms with van der Waals surface area (Å²) in [5, 5.41) is 19.9. The van der Waals surface area contributed by atoms with Gasteiger partial charge in [0.2, 0.25) is 0 Å². The van der Waals surface area contributed by atoms with Gasteiger partial charge in [-0.15, -0.1) is 11.3 Å². The summed E-state index contributed by atoms with van der Waals surface area (Å²) in [6, 6.07) is 1.98. The molecular weight excluding hydrogens is 228 g/mol. The van der Waals surface area contributed by atoms with Gasteiger partial charge in [0.15, 0.2) is 10.8 Å². The third kappa shape index (κ3) is 2.06. The highest BCUT2D eigenvalue weighted by molar-refractivity contribution is 7.13. The number of piperazine rings is 1. The minimum absolute atomic E-state index is 0.417. The molecule has 1 fully saturated rings. The molecule has 0 radical (unpaired) electrons. The van der Waals surface area contributed by atoms with Crippen LogP contribution in [0.5, 0.6) is 0 Å². The van der Waals surface area contributed by atoms with E-state index in [1.165, 1.54) is 16.2 Å². The van der Waals surface area contributed by atoms with Crippen molar-refractivity contribution < 1.29 is 9.90 Å². The lowest BCUT2D eigenvalue weighted by molar-refractivity contribution is 0.142. The van der Waals surface area contributed by atoms with Gasteiger partial charge < -0.3 is 14.9 Å². The first-order valence-corrected chi connectivity index (χ1v) is 5.67. The summed E-state index contributed by atoms with van der Waals surface area (Å²) in [4.78, 5) is 18.2. The molecule has 0 unspecified atom stereocenters. The highest BCUT2D eigenvalue weighted by Crippen LogP contribution is 2.21. The Hall–Kier alpha value is -1.81. The number of carboxylic acid groups (broad SMARTS) is 1. The van der Waals surface area contributed by atoms with Crippen LogP contribution in [0.4, 0.5) is 9.93 Å². The minimum atomic E-state index is -0.878. The van der Waals surface area contributed by atoms with Crippen LogP contribution in [0.15, 0.2) is 5.38 Å². The second-order valence-electron chi connectivity index (χ2n) is 3.38. The first-order chi connectivity index (χ1) is 7.70. The van der Waals surface area contributed by atoms with Gasteiger partial charge in [0.25, 0.3) is 0 Å². The van der Waals surface area contributed by atoms with Crippen molar-refractivity contribution in [2.75, 3.05) is 31.1 Å². The number of thiazole rings is 1. The molecule has 0 spiro atoms. The molecule has 0 aromatic carbocycles. The van der Waals surface area contributed by atoms with Gasteiger partial charge in [0.1, 0.15) is 6.07 Å². The Kier molecular flexibility index (Phi) is 2.92. The average Bonchev–Trinajstić information content (AvgIpc) is 2.77. The number of amides is 1. The predicted molar refractivity (Wildman–Crippen MR) is 58.6 cm³/mol. The van der Waals surface area contributed by atoms with Gasteiger partial charge in [0, 0.05) is 31.6 Å². The molecule has 1 N–H and O–H groups in total. The van der Waals surface area contributed by atoms with Gasteiger partial charge in [-0.3, -0.25) is 0 Å². The molecule has 2 heterocycles. The standard InChI is InChI=1S/C9H10N4O2S/c10-5-7-6-16-8(11-7)12-1-3-13(4-2-12)9(14)15/h6H,1-4H2,(H,14,15). The highest BCUT2D eigenvalue weighted by Gasteiger charge is 2.22. The van der Waals surface area contributed by atoms with Gasteiger partial charge in [0.05, 0.1) is 0 Å². The van der Waals surface area contributed by atoms with Crippen LogP contribution in [0.1, 0.15) is 5.69 Å². The molecule has 2 rings (SSSR count). The topological polar surface area (TPSA) is 80.5 Å². The van der Waals surface area contributed by atoms with Crippen molar-refractivity contribution in [3.8, 4) is 6.07 Å². The molecule has 16 heavy (non-hydrogen) atoms. The Balaban J connectivity index is 1.99. The zero-order valence-electron chi connectivity index (χ0n) is 8.46. The summed E-state index contributed by atoms with van der Waals surface area (Å²) in [6.07, 6.45) is -0.878. The Labute approximate surface area is 96.3 Å². The normalized spacial score (nSPS) is 15.9. The van der Waals surface area contributed by atoms with Crippen molar-refractivity contribution in [2.24, 2.45) is 0 Å². The molecule has 0 aliphatic carbocycles. The molecule has 1 aliphatic heterocycles. The number of nitriles is 1. The molecule has 1 aliphatic rings. The molecule has 1 saturated heterocycles. The third-order valence-corrected chi connectivity index (χ3v) is 3.33. The SMILES string of the molecule is N#Cc1csc(N2CCN(C(=O)O)CC2)n1. The molecule has 1 aromatic heterocycles. The fourth-order valence-electron chi connectivity index (χ4n) is 1.55. The molecular formula is C9H10N4O2S. The van der Waals surface area contributed by atoms with Crippen LogP contribution in [0.2, 0.25) is 0 Å². The first-order valence-electron chi connectivity index (χ1n) is 4.79. The Morgan fingerprint density at radius 3 is 2.69 bits per heavy atom. The van der Waals surface area contributed by atoms with Crippen LogP contribution in [-0.4, -0.2) is 47.3 Å². The van der Waals surface area contributed by atoms with Crippen molar-refractivity contribution in [3.63, 3.8) is 0 Å². The molecule has 7 heteroatoms. The maximum atomic E-state index is 10.7. The first kappa shape index (κ1) is 10.7. The summed E-state index contributed by atoms with van der Waals surface area (Å²) in [7, 11) is 0. The molecule has 0 atom stereocenters. The number of anilines is 1. The van der Waals surface area contributed by atoms with Crippen LogP contribution in [0.25, 0.3) is 0 Å². The molecule has 84 valence electrons. The van der Waals surface area contributed by atoms with Gasteiger partial charge in [-0.2, -0.15) is 5.26 Å². The molecule has 6 nitrogen and oxygen atoms in total. The van der Waals surface area contributed by atoms with Crippen LogP contribution in [0.3, 0.4) is 0 Å². The smallest absolute Gasteiger partial charge is 0.407 e. The molecule has 1 aromatic rings. The lowest BCUT2D eigenvalue weighted by Gasteiger charge is -2.32. The lowest BCUT2D eigenvalue weighted by atomic mass is 10.3. The van der Waals surface area contributed by atoms with Gasteiger partial charge in [-0.25, -0.2) is 9.78 Å². The fraction of sp³-hybridized carbons (Fsp3) is 0.444. The summed E-state index contributed by atoms with van der Waals surface area (Å²) < 4.78 is 0. The molecule has 1 amide bonds. The minimum Gasteiger partial charge on any atom is -0.465 e. The quantitative estimate of drug-likeness (QED) is 0.783. The predicted octanol–water partition coefficient (Wildman–Crippen LogP) is 0.815. The van der Waals surface area contributed by atoms with E-state index in [1.807, 2.05) is 11.0 Å². The van der Waals surface area contributed by atoms with Gasteiger partial charge >= 0.3 is 6.09 Å². The molecule has 0 saturated carbocycles. The number of hydrogen-bond acceptors (Lipinski definition) is 5. The van der Waals surface area contributed by atoms with Crippen LogP contribution in [-0.2, 0) is 0 Å². The van der Waals surface area contributed by atoms with Crippen LogP contribution in [0, 0.1) is 11.3 Å². The monoisotopic (exact) mass is 238 g/mol. The zero-order valence-corrected chi connectivity index (χ0v) is 9.27. The second-order valence-corrected chi connectivity index (χ2v) is 4.22. The Morgan fingerprint density at radius 2 is 2.19 bits per heavy atom. The van der Waals surface area contributed by atoms with Crippen LogP contribution >= 0.6 is 11.3 Å². The van der Waals surface area contributed by atoms with E-state index in [4.69, 9.17) is 10.4 Å². The van der Waals surface area contributed by atoms with E-state index in [1.54, 1.807) is 5.38 Å². The third-order valence-electron chi connectivity index (χ3n) is 2.43. The summed E-state index contributed by atoms with van der Waals surface area (Å²) in [5.41, 5.74) is 0.417. The fourth-order valence-corrected chi connectivity index (χ4v) is 2.36. The van der Waals surface area contributed by atoms with Crippen molar-refractivity contribution in [2.45, 2.75) is 0 Å². The molecule has 0 bridgehead atoms. The van der Waals surface area contributed by atoms with E-state index in [9.17, 15) is 4.79 Å². The summed E-state index contributed by atoms with van der Waals surface area (Å²) >= 11 is 1.42. The van der Waals surface area contributed by atoms with Crippen LogP contribution < -0.4 is 4.90 Å². The summed E-state index contributed by atoms with van der Waals surface area (Å²) in [6.45, 7) is 2.23. The van der Waals surface area contributed by atoms with E-state index in [0.717, 1.165) is 5.13 Å². The van der Waals surface area contributed by atoms with E-state index in [2.05, 4.69) is 4.98 Å². The van der Waals surface area contributed by atoms with Crippen molar-refractivity contribution >= 4 is 22.6 Å². The van der Waals surface area contributed by atoms with E-state index in [0.29, 0.717) is 31.9 Å². The summed E-state index contributed by atoms with van der Waals surface area (Å²) in [5.74, 6) is 0. The maximum absolute atomic E-state index is 10.7. The zero-order chi connectivity index (χ0) is 11.5. The second kappa shape index (κ2) is 4.37. The number of aromatic nitrogens is 1. The Bertz CT molecular complexity index is 431. The number of carbonyl (C=O) groups is 1. The number of rotatable bonds is 1. The number of nitrogens with zero attached hydrogens (tertiary/aromatic N) is 4. The van der Waals surface area contributed by atoms with Gasteiger partial charge in [-0.05, 0) is 0 Å². The Morgan fingerprint density at radius 1 is 1.50 bits per heavy atom. The van der Waals surface area contributed by atoms with Crippen molar-refractivity contribution in [1.29, 1.82) is 5.26 Å². The van der Waals surface area contributed by atoms with Crippen molar-refractivity contribution in [3.05, 3.63) is 11.1 Å². The largest absolute Gasteiger partial charge is 0.465 e. The maximum Gasteiger partial charge on any atom is 0.407 e. The van der Waals surface area contributed by atoms with Gasteiger partial charge in [-0.1, -0.05) is 0 Å². The van der Waals surface area contributed by atoms with E-state index in [-0.39, 0.29) is 0 Å². The lowest BCUT2D eigenvalue weighted by Crippen LogP contribution is -2.48.